The van der Waals surface area contributed by atoms with Gasteiger partial charge in [0.2, 0.25) is 0 Å². The van der Waals surface area contributed by atoms with Gasteiger partial charge >= 0.3 is 0 Å². The van der Waals surface area contributed by atoms with Crippen LogP contribution < -0.4 is 5.32 Å². The number of rotatable bonds is 4. The lowest BCUT2D eigenvalue weighted by Crippen LogP contribution is -2.46. The predicted octanol–water partition coefficient (Wildman–Crippen LogP) is 3.26. The molecule has 30 heavy (non-hydrogen) atoms. The number of amides is 2. The second-order valence-electron chi connectivity index (χ2n) is 7.43. The van der Waals surface area contributed by atoms with Gasteiger partial charge in [-0.05, 0) is 50.1 Å². The topological polar surface area (TPSA) is 80.1 Å². The SMILES string of the molecule is Cc1ccc(C(=O)NC2CCN(C(=O)c3cn(-c4cccc(Cl)c4)nn3)CC2)cc1. The van der Waals surface area contributed by atoms with Crippen molar-refractivity contribution in [2.24, 2.45) is 0 Å². The highest BCUT2D eigenvalue weighted by molar-refractivity contribution is 6.30. The van der Waals surface area contributed by atoms with Crippen molar-refractivity contribution in [2.45, 2.75) is 25.8 Å². The largest absolute Gasteiger partial charge is 0.349 e. The minimum atomic E-state index is -0.161. The van der Waals surface area contributed by atoms with Crippen molar-refractivity contribution in [3.63, 3.8) is 0 Å². The fourth-order valence-electron chi connectivity index (χ4n) is 3.47. The Bertz CT molecular complexity index is 1060. The summed E-state index contributed by atoms with van der Waals surface area (Å²) in [7, 11) is 0. The normalized spacial score (nSPS) is 14.5. The lowest BCUT2D eigenvalue weighted by Gasteiger charge is -2.31. The van der Waals surface area contributed by atoms with Gasteiger partial charge < -0.3 is 10.2 Å². The van der Waals surface area contributed by atoms with Crippen LogP contribution in [0.25, 0.3) is 5.69 Å². The van der Waals surface area contributed by atoms with Gasteiger partial charge in [0.25, 0.3) is 11.8 Å². The quantitative estimate of drug-likeness (QED) is 0.698. The maximum atomic E-state index is 12.8. The van der Waals surface area contributed by atoms with E-state index in [-0.39, 0.29) is 23.6 Å². The third kappa shape index (κ3) is 4.52. The molecule has 0 aliphatic carbocycles. The molecule has 1 N–H and O–H groups in total. The average Bonchev–Trinajstić information content (AvgIpc) is 3.24. The molecule has 1 aliphatic rings. The zero-order valence-corrected chi connectivity index (χ0v) is 17.3. The first kappa shape index (κ1) is 20.1. The standard InChI is InChI=1S/C22H22ClN5O2/c1-15-5-7-16(8-6-15)21(29)24-18-9-11-27(12-10-18)22(30)20-14-28(26-25-20)19-4-2-3-17(23)13-19/h2-8,13-14,18H,9-12H2,1H3,(H,24,29). The molecule has 1 aromatic heterocycles. The number of nitrogens with one attached hydrogen (secondary N) is 1. The number of aromatic nitrogens is 3. The predicted molar refractivity (Wildman–Crippen MR) is 114 cm³/mol. The minimum Gasteiger partial charge on any atom is -0.349 e. The molecule has 3 aromatic rings. The summed E-state index contributed by atoms with van der Waals surface area (Å²) in [5, 5.41) is 11.7. The molecule has 0 unspecified atom stereocenters. The molecular weight excluding hydrogens is 402 g/mol. The number of nitrogens with zero attached hydrogens (tertiary/aromatic N) is 4. The second kappa shape index (κ2) is 8.67. The second-order valence-corrected chi connectivity index (χ2v) is 7.87. The molecule has 7 nitrogen and oxygen atoms in total. The fourth-order valence-corrected chi connectivity index (χ4v) is 3.65. The van der Waals surface area contributed by atoms with E-state index in [1.165, 1.54) is 4.68 Å². The van der Waals surface area contributed by atoms with Gasteiger partial charge in [-0.2, -0.15) is 0 Å². The molecule has 2 aromatic carbocycles. The van der Waals surface area contributed by atoms with E-state index < -0.39 is 0 Å². The van der Waals surface area contributed by atoms with Crippen molar-refractivity contribution < 1.29 is 9.59 Å². The summed E-state index contributed by atoms with van der Waals surface area (Å²) in [6.45, 7) is 3.10. The van der Waals surface area contributed by atoms with Crippen LogP contribution in [0.4, 0.5) is 0 Å². The highest BCUT2D eigenvalue weighted by Crippen LogP contribution is 2.17. The van der Waals surface area contributed by atoms with Crippen LogP contribution in [-0.4, -0.2) is 50.8 Å². The van der Waals surface area contributed by atoms with E-state index in [0.29, 0.717) is 36.5 Å². The van der Waals surface area contributed by atoms with Gasteiger partial charge in [-0.1, -0.05) is 40.6 Å². The summed E-state index contributed by atoms with van der Waals surface area (Å²) in [4.78, 5) is 26.9. The van der Waals surface area contributed by atoms with E-state index in [1.807, 2.05) is 43.3 Å². The molecule has 0 saturated carbocycles. The zero-order chi connectivity index (χ0) is 21.1. The van der Waals surface area contributed by atoms with Crippen molar-refractivity contribution in [1.82, 2.24) is 25.2 Å². The van der Waals surface area contributed by atoms with Gasteiger partial charge in [-0.25, -0.2) is 4.68 Å². The van der Waals surface area contributed by atoms with Gasteiger partial charge in [0.1, 0.15) is 0 Å². The third-order valence-corrected chi connectivity index (χ3v) is 5.45. The van der Waals surface area contributed by atoms with Gasteiger partial charge in [0, 0.05) is 29.7 Å². The zero-order valence-electron chi connectivity index (χ0n) is 16.6. The van der Waals surface area contributed by atoms with Gasteiger partial charge in [-0.3, -0.25) is 9.59 Å². The maximum Gasteiger partial charge on any atom is 0.276 e. The van der Waals surface area contributed by atoms with E-state index in [0.717, 1.165) is 11.3 Å². The maximum absolute atomic E-state index is 12.8. The molecule has 0 bridgehead atoms. The summed E-state index contributed by atoms with van der Waals surface area (Å²) in [6, 6.07) is 14.7. The monoisotopic (exact) mass is 423 g/mol. The molecular formula is C22H22ClN5O2. The number of likely N-dealkylation sites (tertiary alicyclic amines) is 1. The molecule has 1 saturated heterocycles. The number of carbonyl (C=O) groups is 2. The van der Waals surface area contributed by atoms with Crippen LogP contribution in [-0.2, 0) is 0 Å². The summed E-state index contributed by atoms with van der Waals surface area (Å²) >= 11 is 6.01. The van der Waals surface area contributed by atoms with E-state index in [2.05, 4.69) is 15.6 Å². The summed E-state index contributed by atoms with van der Waals surface area (Å²) in [6.07, 6.45) is 3.01. The number of piperidine rings is 1. The number of benzene rings is 2. The van der Waals surface area contributed by atoms with Crippen molar-refractivity contribution in [3.05, 3.63) is 76.6 Å². The molecule has 0 spiro atoms. The first-order chi connectivity index (χ1) is 14.5. The van der Waals surface area contributed by atoms with E-state index in [4.69, 9.17) is 11.6 Å². The number of carbonyl (C=O) groups excluding carboxylic acids is 2. The molecule has 2 amide bonds. The Kier molecular flexibility index (Phi) is 5.81. The van der Waals surface area contributed by atoms with Crippen molar-refractivity contribution >= 4 is 23.4 Å². The Labute approximate surface area is 179 Å². The lowest BCUT2D eigenvalue weighted by molar-refractivity contribution is 0.0692. The molecule has 8 heteroatoms. The van der Waals surface area contributed by atoms with E-state index >= 15 is 0 Å². The van der Waals surface area contributed by atoms with Crippen LogP contribution in [0.3, 0.4) is 0 Å². The van der Waals surface area contributed by atoms with E-state index in [1.54, 1.807) is 23.2 Å². The number of halogens is 1. The molecule has 2 heterocycles. The highest BCUT2D eigenvalue weighted by Gasteiger charge is 2.26. The Hall–Kier alpha value is -3.19. The molecule has 1 aliphatic heterocycles. The van der Waals surface area contributed by atoms with Crippen LogP contribution in [0.5, 0.6) is 0 Å². The van der Waals surface area contributed by atoms with Crippen LogP contribution in [0.2, 0.25) is 5.02 Å². The van der Waals surface area contributed by atoms with E-state index in [9.17, 15) is 9.59 Å². The van der Waals surface area contributed by atoms with Gasteiger partial charge in [-0.15, -0.1) is 5.10 Å². The van der Waals surface area contributed by atoms with Gasteiger partial charge in [0.15, 0.2) is 5.69 Å². The number of aryl methyl sites for hydroxylation is 1. The van der Waals surface area contributed by atoms with Crippen molar-refractivity contribution in [1.29, 1.82) is 0 Å². The molecule has 0 radical (unpaired) electrons. The summed E-state index contributed by atoms with van der Waals surface area (Å²) < 4.78 is 1.54. The Morgan fingerprint density at radius 1 is 1.10 bits per heavy atom. The van der Waals surface area contributed by atoms with Crippen molar-refractivity contribution in [2.75, 3.05) is 13.1 Å². The summed E-state index contributed by atoms with van der Waals surface area (Å²) in [5.74, 6) is -0.240. The van der Waals surface area contributed by atoms with Crippen LogP contribution in [0.15, 0.2) is 54.7 Å². The van der Waals surface area contributed by atoms with Crippen LogP contribution >= 0.6 is 11.6 Å². The molecule has 154 valence electrons. The first-order valence-corrected chi connectivity index (χ1v) is 10.2. The van der Waals surface area contributed by atoms with Crippen LogP contribution in [0, 0.1) is 6.92 Å². The molecule has 0 atom stereocenters. The Morgan fingerprint density at radius 3 is 2.53 bits per heavy atom. The number of hydrogen-bond acceptors (Lipinski definition) is 4. The van der Waals surface area contributed by atoms with Crippen molar-refractivity contribution in [3.8, 4) is 5.69 Å². The average molecular weight is 424 g/mol. The fraction of sp³-hybridized carbons (Fsp3) is 0.273. The number of hydrogen-bond donors (Lipinski definition) is 1. The highest BCUT2D eigenvalue weighted by atomic mass is 35.5. The summed E-state index contributed by atoms with van der Waals surface area (Å²) in [5.41, 5.74) is 2.80. The lowest BCUT2D eigenvalue weighted by atomic mass is 10.0. The minimum absolute atomic E-state index is 0.0463. The Morgan fingerprint density at radius 2 is 1.83 bits per heavy atom. The van der Waals surface area contributed by atoms with Gasteiger partial charge in [0.05, 0.1) is 11.9 Å². The first-order valence-electron chi connectivity index (χ1n) is 9.85. The molecule has 4 rings (SSSR count). The third-order valence-electron chi connectivity index (χ3n) is 5.22. The smallest absolute Gasteiger partial charge is 0.276 e. The molecule has 1 fully saturated rings. The Balaban J connectivity index is 1.33. The van der Waals surface area contributed by atoms with Crippen LogP contribution in [0.1, 0.15) is 39.3 Å².